The molecule has 0 saturated carbocycles. The maximum atomic E-state index is 11.7. The average Bonchev–Trinajstić information content (AvgIpc) is 2.56. The summed E-state index contributed by atoms with van der Waals surface area (Å²) in [6.07, 6.45) is 2.89. The first-order chi connectivity index (χ1) is 11.5. The number of aryl methyl sites for hydroxylation is 2. The van der Waals surface area contributed by atoms with Gasteiger partial charge in [-0.1, -0.05) is 29.8 Å². The molecule has 1 amide bonds. The summed E-state index contributed by atoms with van der Waals surface area (Å²) in [6, 6.07) is 10.6. The van der Waals surface area contributed by atoms with E-state index in [0.29, 0.717) is 0 Å². The van der Waals surface area contributed by atoms with Gasteiger partial charge in [-0.05, 0) is 38.3 Å². The van der Waals surface area contributed by atoms with E-state index in [-0.39, 0.29) is 11.8 Å². The summed E-state index contributed by atoms with van der Waals surface area (Å²) in [6.45, 7) is 7.36. The Labute approximate surface area is 143 Å². The van der Waals surface area contributed by atoms with Crippen molar-refractivity contribution in [1.82, 2.24) is 14.9 Å². The van der Waals surface area contributed by atoms with E-state index in [9.17, 15) is 4.79 Å². The van der Waals surface area contributed by atoms with Crippen LogP contribution in [0, 0.1) is 13.8 Å². The fraction of sp³-hybridized carbons (Fsp3) is 0.450. The SMILES string of the molecule is CC(=O)N1CCC[C@H](c2nc(C)cc(Cc3ccc(C)cc3)n2)C1. The summed E-state index contributed by atoms with van der Waals surface area (Å²) in [5, 5.41) is 0. The summed E-state index contributed by atoms with van der Waals surface area (Å²) in [5.74, 6) is 1.29. The predicted molar refractivity (Wildman–Crippen MR) is 95.0 cm³/mol. The fourth-order valence-corrected chi connectivity index (χ4v) is 3.32. The van der Waals surface area contributed by atoms with Gasteiger partial charge in [0.1, 0.15) is 5.82 Å². The number of carbonyl (C=O) groups excluding carboxylic acids is 1. The van der Waals surface area contributed by atoms with Crippen molar-refractivity contribution in [3.8, 4) is 0 Å². The molecular formula is C20H25N3O. The molecule has 0 unspecified atom stereocenters. The Kier molecular flexibility index (Phi) is 4.93. The van der Waals surface area contributed by atoms with Gasteiger partial charge in [0, 0.05) is 43.7 Å². The van der Waals surface area contributed by atoms with Crippen LogP contribution in [0.5, 0.6) is 0 Å². The standard InChI is InChI=1S/C20H25N3O/c1-14-6-8-17(9-7-14)12-19-11-15(2)21-20(22-19)18-5-4-10-23(13-18)16(3)24/h6-9,11,18H,4-5,10,12-13H2,1-3H3/t18-/m0/s1. The van der Waals surface area contributed by atoms with Crippen molar-refractivity contribution in [1.29, 1.82) is 0 Å². The Morgan fingerprint density at radius 2 is 1.96 bits per heavy atom. The van der Waals surface area contributed by atoms with Crippen LogP contribution in [-0.4, -0.2) is 33.9 Å². The molecule has 1 aromatic carbocycles. The molecule has 1 aliphatic rings. The number of amides is 1. The van der Waals surface area contributed by atoms with Crippen molar-refractivity contribution in [3.63, 3.8) is 0 Å². The molecule has 0 bridgehead atoms. The first-order valence-electron chi connectivity index (χ1n) is 8.67. The Hall–Kier alpha value is -2.23. The zero-order chi connectivity index (χ0) is 17.1. The third-order valence-electron chi connectivity index (χ3n) is 4.66. The molecule has 1 saturated heterocycles. The second-order valence-corrected chi connectivity index (χ2v) is 6.83. The molecule has 0 radical (unpaired) electrons. The number of benzene rings is 1. The van der Waals surface area contributed by atoms with Crippen molar-refractivity contribution in [2.45, 2.75) is 46.0 Å². The van der Waals surface area contributed by atoms with Gasteiger partial charge in [0.15, 0.2) is 0 Å². The highest BCUT2D eigenvalue weighted by Crippen LogP contribution is 2.25. The molecule has 1 atom stereocenters. The molecule has 4 heteroatoms. The van der Waals surface area contributed by atoms with Gasteiger partial charge in [0.25, 0.3) is 0 Å². The van der Waals surface area contributed by atoms with Crippen LogP contribution in [-0.2, 0) is 11.2 Å². The van der Waals surface area contributed by atoms with E-state index in [1.165, 1.54) is 11.1 Å². The van der Waals surface area contributed by atoms with E-state index in [2.05, 4.69) is 42.2 Å². The van der Waals surface area contributed by atoms with Crippen LogP contribution in [0.3, 0.4) is 0 Å². The van der Waals surface area contributed by atoms with Crippen LogP contribution in [0.2, 0.25) is 0 Å². The van der Waals surface area contributed by atoms with Gasteiger partial charge in [0.2, 0.25) is 5.91 Å². The molecular weight excluding hydrogens is 298 g/mol. The zero-order valence-corrected chi connectivity index (χ0v) is 14.7. The predicted octanol–water partition coefficient (Wildman–Crippen LogP) is 3.41. The van der Waals surface area contributed by atoms with Crippen molar-refractivity contribution in [2.75, 3.05) is 13.1 Å². The second kappa shape index (κ2) is 7.12. The molecule has 3 rings (SSSR count). The quantitative estimate of drug-likeness (QED) is 0.869. The van der Waals surface area contributed by atoms with Gasteiger partial charge in [-0.25, -0.2) is 9.97 Å². The molecule has 24 heavy (non-hydrogen) atoms. The smallest absolute Gasteiger partial charge is 0.219 e. The number of nitrogens with zero attached hydrogens (tertiary/aromatic N) is 3. The van der Waals surface area contributed by atoms with E-state index in [4.69, 9.17) is 4.98 Å². The van der Waals surface area contributed by atoms with Gasteiger partial charge in [0.05, 0.1) is 0 Å². The van der Waals surface area contributed by atoms with Crippen LogP contribution in [0.15, 0.2) is 30.3 Å². The average molecular weight is 323 g/mol. The third-order valence-corrected chi connectivity index (χ3v) is 4.66. The minimum atomic E-state index is 0.146. The Morgan fingerprint density at radius 3 is 2.67 bits per heavy atom. The second-order valence-electron chi connectivity index (χ2n) is 6.83. The molecule has 1 fully saturated rings. The lowest BCUT2D eigenvalue weighted by molar-refractivity contribution is -0.130. The largest absolute Gasteiger partial charge is 0.342 e. The maximum absolute atomic E-state index is 11.7. The van der Waals surface area contributed by atoms with E-state index in [1.807, 2.05) is 11.8 Å². The van der Waals surface area contributed by atoms with Crippen LogP contribution in [0.4, 0.5) is 0 Å². The van der Waals surface area contributed by atoms with Crippen LogP contribution >= 0.6 is 0 Å². The van der Waals surface area contributed by atoms with E-state index < -0.39 is 0 Å². The van der Waals surface area contributed by atoms with Crippen molar-refractivity contribution >= 4 is 5.91 Å². The number of aromatic nitrogens is 2. The minimum Gasteiger partial charge on any atom is -0.342 e. The van der Waals surface area contributed by atoms with Crippen molar-refractivity contribution < 1.29 is 4.79 Å². The molecule has 1 aromatic heterocycles. The van der Waals surface area contributed by atoms with Gasteiger partial charge in [-0.3, -0.25) is 4.79 Å². The molecule has 2 aromatic rings. The van der Waals surface area contributed by atoms with Gasteiger partial charge in [-0.2, -0.15) is 0 Å². The lowest BCUT2D eigenvalue weighted by Crippen LogP contribution is -2.38. The molecule has 1 aliphatic heterocycles. The lowest BCUT2D eigenvalue weighted by atomic mass is 9.96. The zero-order valence-electron chi connectivity index (χ0n) is 14.7. The van der Waals surface area contributed by atoms with E-state index in [0.717, 1.165) is 49.6 Å². The summed E-state index contributed by atoms with van der Waals surface area (Å²) in [4.78, 5) is 23.1. The number of rotatable bonds is 3. The Balaban J connectivity index is 1.80. The third kappa shape index (κ3) is 3.99. The first-order valence-corrected chi connectivity index (χ1v) is 8.67. The molecule has 2 heterocycles. The summed E-state index contributed by atoms with van der Waals surface area (Å²) in [7, 11) is 0. The molecule has 0 aliphatic carbocycles. The van der Waals surface area contributed by atoms with Crippen molar-refractivity contribution in [3.05, 3.63) is 58.7 Å². The summed E-state index contributed by atoms with van der Waals surface area (Å²) < 4.78 is 0. The van der Waals surface area contributed by atoms with E-state index in [1.54, 1.807) is 6.92 Å². The summed E-state index contributed by atoms with van der Waals surface area (Å²) in [5.41, 5.74) is 4.59. The van der Waals surface area contributed by atoms with Gasteiger partial charge >= 0.3 is 0 Å². The fourth-order valence-electron chi connectivity index (χ4n) is 3.32. The molecule has 0 spiro atoms. The Morgan fingerprint density at radius 1 is 1.21 bits per heavy atom. The van der Waals surface area contributed by atoms with Gasteiger partial charge < -0.3 is 4.90 Å². The highest BCUT2D eigenvalue weighted by Gasteiger charge is 2.25. The van der Waals surface area contributed by atoms with Crippen LogP contribution in [0.1, 0.15) is 54.0 Å². The molecule has 4 nitrogen and oxygen atoms in total. The minimum absolute atomic E-state index is 0.146. The number of likely N-dealkylation sites (tertiary alicyclic amines) is 1. The Bertz CT molecular complexity index is 724. The van der Waals surface area contributed by atoms with Crippen LogP contribution < -0.4 is 0 Å². The normalized spacial score (nSPS) is 17.8. The highest BCUT2D eigenvalue weighted by molar-refractivity contribution is 5.73. The van der Waals surface area contributed by atoms with Crippen molar-refractivity contribution in [2.24, 2.45) is 0 Å². The number of hydrogen-bond acceptors (Lipinski definition) is 3. The number of hydrogen-bond donors (Lipinski definition) is 0. The van der Waals surface area contributed by atoms with E-state index >= 15 is 0 Å². The van der Waals surface area contributed by atoms with Crippen LogP contribution in [0.25, 0.3) is 0 Å². The topological polar surface area (TPSA) is 46.1 Å². The molecule has 126 valence electrons. The lowest BCUT2D eigenvalue weighted by Gasteiger charge is -2.31. The highest BCUT2D eigenvalue weighted by atomic mass is 16.2. The summed E-state index contributed by atoms with van der Waals surface area (Å²) >= 11 is 0. The maximum Gasteiger partial charge on any atom is 0.219 e. The number of piperidine rings is 1. The number of carbonyl (C=O) groups is 1. The first kappa shape index (κ1) is 16.6. The molecule has 0 N–H and O–H groups in total. The monoisotopic (exact) mass is 323 g/mol. The van der Waals surface area contributed by atoms with Gasteiger partial charge in [-0.15, -0.1) is 0 Å².